The largest absolute Gasteiger partial charge is 0.469 e. The van der Waals surface area contributed by atoms with Crippen LogP contribution >= 0.6 is 7.82 Å². The molecule has 4 atom stereocenters. The number of urea groups is 1. The van der Waals surface area contributed by atoms with E-state index >= 15 is 0 Å². The van der Waals surface area contributed by atoms with Crippen LogP contribution < -0.4 is 5.32 Å². The van der Waals surface area contributed by atoms with E-state index in [1.807, 2.05) is 5.32 Å². The molecule has 2 aliphatic heterocycles. The molecule has 0 aromatic carbocycles. The van der Waals surface area contributed by atoms with Crippen molar-refractivity contribution in [2.24, 2.45) is 0 Å². The summed E-state index contributed by atoms with van der Waals surface area (Å²) >= 11 is 0. The van der Waals surface area contributed by atoms with Crippen molar-refractivity contribution in [2.75, 3.05) is 6.61 Å². The summed E-state index contributed by atoms with van der Waals surface area (Å²) in [5.74, 6) is -1.76. The second kappa shape index (κ2) is 6.01. The van der Waals surface area contributed by atoms with E-state index in [9.17, 15) is 29.2 Å². The number of ether oxygens (including phenoxy) is 1. The van der Waals surface area contributed by atoms with Crippen LogP contribution in [0.1, 0.15) is 6.42 Å². The van der Waals surface area contributed by atoms with Gasteiger partial charge in [-0.05, 0) is 0 Å². The van der Waals surface area contributed by atoms with Crippen molar-refractivity contribution < 1.29 is 48.2 Å². The van der Waals surface area contributed by atoms with Gasteiger partial charge in [-0.25, -0.2) is 14.3 Å². The summed E-state index contributed by atoms with van der Waals surface area (Å²) in [6.45, 7) is -0.776. The van der Waals surface area contributed by atoms with E-state index in [4.69, 9.17) is 14.5 Å². The zero-order valence-corrected chi connectivity index (χ0v) is 11.8. The molecule has 0 radical (unpaired) electrons. The van der Waals surface area contributed by atoms with Crippen molar-refractivity contribution >= 4 is 25.7 Å². The zero-order chi connectivity index (χ0) is 16.7. The molecule has 2 rings (SSSR count). The quantitative estimate of drug-likeness (QED) is 0.261. The molecule has 2 aliphatic rings. The molecule has 12 nitrogen and oxygen atoms in total. The van der Waals surface area contributed by atoms with Gasteiger partial charge >= 0.3 is 13.9 Å². The molecule has 0 unspecified atom stereocenters. The second-order valence-electron chi connectivity index (χ2n) is 4.63. The molecule has 0 aromatic heterocycles. The molecule has 0 saturated carbocycles. The predicted molar refractivity (Wildman–Crippen MR) is 63.7 cm³/mol. The number of aliphatic hydroxyl groups is 2. The Bertz CT molecular complexity index is 527. The molecule has 2 fully saturated rings. The number of hydrogen-bond donors (Lipinski definition) is 5. The van der Waals surface area contributed by atoms with E-state index in [0.717, 1.165) is 0 Å². The zero-order valence-electron chi connectivity index (χ0n) is 10.9. The number of phosphoric acid groups is 1. The van der Waals surface area contributed by atoms with Gasteiger partial charge in [0.05, 0.1) is 6.61 Å². The van der Waals surface area contributed by atoms with Crippen molar-refractivity contribution in [1.82, 2.24) is 10.2 Å². The number of imide groups is 2. The Labute approximate surface area is 122 Å². The van der Waals surface area contributed by atoms with Gasteiger partial charge in [0, 0.05) is 0 Å². The van der Waals surface area contributed by atoms with Crippen LogP contribution in [-0.2, 0) is 23.4 Å². The van der Waals surface area contributed by atoms with Crippen LogP contribution in [0.15, 0.2) is 0 Å². The minimum absolute atomic E-state index is 0.423. The van der Waals surface area contributed by atoms with Gasteiger partial charge in [0.15, 0.2) is 6.23 Å². The molecule has 0 aliphatic carbocycles. The lowest BCUT2D eigenvalue weighted by molar-refractivity contribution is -0.150. The topological polar surface area (TPSA) is 183 Å². The first-order valence-electron chi connectivity index (χ1n) is 5.97. The number of rotatable bonds is 4. The van der Waals surface area contributed by atoms with E-state index in [-0.39, 0.29) is 0 Å². The average molecular weight is 340 g/mol. The highest BCUT2D eigenvalue weighted by molar-refractivity contribution is 7.46. The lowest BCUT2D eigenvalue weighted by Crippen LogP contribution is -2.59. The highest BCUT2D eigenvalue weighted by Crippen LogP contribution is 2.37. The molecular formula is C9H13N2O10P. The fraction of sp³-hybridized carbons (Fsp3) is 0.667. The van der Waals surface area contributed by atoms with E-state index < -0.39 is 63.2 Å². The summed E-state index contributed by atoms with van der Waals surface area (Å²) in [5.41, 5.74) is 0. The normalized spacial score (nSPS) is 33.3. The van der Waals surface area contributed by atoms with Crippen LogP contribution in [0.3, 0.4) is 0 Å². The van der Waals surface area contributed by atoms with Crippen molar-refractivity contribution in [3.8, 4) is 0 Å². The Balaban J connectivity index is 2.09. The highest BCUT2D eigenvalue weighted by Gasteiger charge is 2.50. The molecule has 13 heteroatoms. The fourth-order valence-corrected chi connectivity index (χ4v) is 2.41. The molecule has 0 spiro atoms. The van der Waals surface area contributed by atoms with E-state index in [1.165, 1.54) is 0 Å². The SMILES string of the molecule is O=C1CC(=O)N([C@H]2O[C@H](COP(=O)(O)O)[C@@H](O)[C@@H]2O)C(=O)N1. The molecular weight excluding hydrogens is 327 g/mol. The molecule has 0 aromatic rings. The third-order valence-electron chi connectivity index (χ3n) is 3.04. The van der Waals surface area contributed by atoms with Gasteiger partial charge in [-0.2, -0.15) is 0 Å². The number of nitrogens with zero attached hydrogens (tertiary/aromatic N) is 1. The van der Waals surface area contributed by atoms with Crippen molar-refractivity contribution in [3.05, 3.63) is 0 Å². The molecule has 5 N–H and O–H groups in total. The predicted octanol–water partition coefficient (Wildman–Crippen LogP) is -2.99. The number of carbonyl (C=O) groups is 3. The number of barbiturate groups is 1. The average Bonchev–Trinajstić information content (AvgIpc) is 2.63. The van der Waals surface area contributed by atoms with Crippen LogP contribution in [0, 0.1) is 0 Å². The maximum atomic E-state index is 11.7. The lowest BCUT2D eigenvalue weighted by atomic mass is 10.1. The molecule has 124 valence electrons. The number of phosphoric ester groups is 1. The summed E-state index contributed by atoms with van der Waals surface area (Å²) in [7, 11) is -4.83. The molecule has 2 heterocycles. The van der Waals surface area contributed by atoms with Crippen LogP contribution in [0.4, 0.5) is 4.79 Å². The van der Waals surface area contributed by atoms with Gasteiger partial charge in [-0.1, -0.05) is 0 Å². The van der Waals surface area contributed by atoms with Gasteiger partial charge in [0.1, 0.15) is 24.7 Å². The summed E-state index contributed by atoms with van der Waals surface area (Å²) in [4.78, 5) is 51.9. The number of nitrogens with one attached hydrogen (secondary N) is 1. The molecule has 4 amide bonds. The van der Waals surface area contributed by atoms with E-state index in [1.54, 1.807) is 0 Å². The minimum atomic E-state index is -4.83. The molecule has 2 saturated heterocycles. The van der Waals surface area contributed by atoms with Crippen molar-refractivity contribution in [2.45, 2.75) is 31.0 Å². The minimum Gasteiger partial charge on any atom is -0.387 e. The summed E-state index contributed by atoms with van der Waals surface area (Å²) in [5, 5.41) is 21.4. The summed E-state index contributed by atoms with van der Waals surface area (Å²) in [6, 6.07) is -1.13. The van der Waals surface area contributed by atoms with Crippen molar-refractivity contribution in [3.63, 3.8) is 0 Å². The second-order valence-corrected chi connectivity index (χ2v) is 5.87. The monoisotopic (exact) mass is 340 g/mol. The van der Waals surface area contributed by atoms with Crippen LogP contribution in [-0.4, -0.2) is 73.9 Å². The lowest BCUT2D eigenvalue weighted by Gasteiger charge is -2.30. The number of amides is 4. The Morgan fingerprint density at radius 2 is 1.91 bits per heavy atom. The number of hydrogen-bond acceptors (Lipinski definition) is 8. The van der Waals surface area contributed by atoms with Crippen LogP contribution in [0.2, 0.25) is 0 Å². The Kier molecular flexibility index (Phi) is 4.63. The third-order valence-corrected chi connectivity index (χ3v) is 3.53. The van der Waals surface area contributed by atoms with Gasteiger partial charge in [0.25, 0.3) is 0 Å². The first-order chi connectivity index (χ1) is 10.1. The van der Waals surface area contributed by atoms with Crippen molar-refractivity contribution in [1.29, 1.82) is 0 Å². The Hall–Kier alpha value is -1.40. The first-order valence-corrected chi connectivity index (χ1v) is 7.51. The van der Waals surface area contributed by atoms with Gasteiger partial charge in [0.2, 0.25) is 11.8 Å². The van der Waals surface area contributed by atoms with Gasteiger partial charge < -0.3 is 24.7 Å². The summed E-state index contributed by atoms with van der Waals surface area (Å²) in [6.07, 6.45) is -7.02. The number of carbonyl (C=O) groups excluding carboxylic acids is 3. The maximum Gasteiger partial charge on any atom is 0.469 e. The Morgan fingerprint density at radius 3 is 2.45 bits per heavy atom. The summed E-state index contributed by atoms with van der Waals surface area (Å²) < 4.78 is 19.8. The van der Waals surface area contributed by atoms with E-state index in [2.05, 4.69) is 4.52 Å². The maximum absolute atomic E-state index is 11.7. The van der Waals surface area contributed by atoms with Crippen LogP contribution in [0.5, 0.6) is 0 Å². The number of aliphatic hydroxyl groups excluding tert-OH is 2. The smallest absolute Gasteiger partial charge is 0.387 e. The van der Waals surface area contributed by atoms with E-state index in [0.29, 0.717) is 4.90 Å². The van der Waals surface area contributed by atoms with Crippen LogP contribution in [0.25, 0.3) is 0 Å². The fourth-order valence-electron chi connectivity index (χ4n) is 2.07. The standard InChI is InChI=1S/C9H13N2O10P/c12-4-1-5(13)11(9(16)10-4)8-7(15)6(14)3(21-8)2-20-22(17,18)19/h3,6-8,14-15H,1-2H2,(H,10,12,16)(H2,17,18,19)/t3-,6-,7+,8+/m1/s1. The van der Waals surface area contributed by atoms with Gasteiger partial charge in [-0.15, -0.1) is 0 Å². The third kappa shape index (κ3) is 3.50. The van der Waals surface area contributed by atoms with Gasteiger partial charge in [-0.3, -0.25) is 19.4 Å². The first kappa shape index (κ1) is 17.0. The molecule has 0 bridgehead atoms. The Morgan fingerprint density at radius 1 is 1.27 bits per heavy atom. The highest BCUT2D eigenvalue weighted by atomic mass is 31.2. The molecule has 22 heavy (non-hydrogen) atoms.